The van der Waals surface area contributed by atoms with Gasteiger partial charge in [0, 0.05) is 37.0 Å². The van der Waals surface area contributed by atoms with Gasteiger partial charge in [-0.3, -0.25) is 23.9 Å². The first kappa shape index (κ1) is 20.0. The number of hydrogen-bond donors (Lipinski definition) is 2. The monoisotopic (exact) mass is 417 g/mol. The van der Waals surface area contributed by atoms with E-state index < -0.39 is 0 Å². The number of amides is 2. The van der Waals surface area contributed by atoms with Crippen molar-refractivity contribution in [1.29, 1.82) is 0 Å². The molecule has 3 heterocycles. The van der Waals surface area contributed by atoms with Crippen molar-refractivity contribution in [3.05, 3.63) is 27.1 Å². The van der Waals surface area contributed by atoms with Crippen molar-refractivity contribution in [2.45, 2.75) is 57.5 Å². The molecule has 2 aliphatic rings. The van der Waals surface area contributed by atoms with Gasteiger partial charge < -0.3 is 11.1 Å². The Morgan fingerprint density at radius 3 is 2.76 bits per heavy atom. The molecule has 3 N–H and O–H groups in total. The second-order valence-electron chi connectivity index (χ2n) is 7.97. The number of rotatable bonds is 6. The van der Waals surface area contributed by atoms with Gasteiger partial charge in [0.15, 0.2) is 0 Å². The molecule has 0 bridgehead atoms. The predicted octanol–water partition coefficient (Wildman–Crippen LogP) is 0.793. The Bertz CT molecular complexity index is 974. The lowest BCUT2D eigenvalue weighted by molar-refractivity contribution is -0.123. The Balaban J connectivity index is 1.34. The van der Waals surface area contributed by atoms with E-state index in [-0.39, 0.29) is 36.4 Å². The summed E-state index contributed by atoms with van der Waals surface area (Å²) in [4.78, 5) is 44.9. The molecule has 0 spiro atoms. The molecule has 29 heavy (non-hydrogen) atoms. The maximum atomic E-state index is 12.9. The zero-order chi connectivity index (χ0) is 20.4. The van der Waals surface area contributed by atoms with Crippen LogP contribution in [0.1, 0.15) is 42.5 Å². The van der Waals surface area contributed by atoms with Crippen molar-refractivity contribution in [3.8, 4) is 0 Å². The Morgan fingerprint density at radius 1 is 1.24 bits per heavy atom. The molecule has 156 valence electrons. The van der Waals surface area contributed by atoms with E-state index in [0.29, 0.717) is 6.54 Å². The second kappa shape index (κ2) is 8.62. The fraction of sp³-hybridized carbons (Fsp3) is 0.600. The number of aromatic nitrogens is 2. The van der Waals surface area contributed by atoms with Crippen LogP contribution in [-0.2, 0) is 29.0 Å². The third-order valence-electron chi connectivity index (χ3n) is 5.85. The first-order valence-corrected chi connectivity index (χ1v) is 11.1. The molecule has 0 unspecified atom stereocenters. The average molecular weight is 418 g/mol. The van der Waals surface area contributed by atoms with Gasteiger partial charge in [0.2, 0.25) is 11.8 Å². The number of carbonyl (C=O) groups is 2. The van der Waals surface area contributed by atoms with Crippen LogP contribution >= 0.6 is 11.3 Å². The molecule has 0 saturated carbocycles. The minimum Gasteiger partial charge on any atom is -0.369 e. The summed E-state index contributed by atoms with van der Waals surface area (Å²) >= 11 is 1.64. The summed E-state index contributed by atoms with van der Waals surface area (Å²) < 4.78 is 1.57. The van der Waals surface area contributed by atoms with Crippen LogP contribution in [0.25, 0.3) is 10.2 Å². The summed E-state index contributed by atoms with van der Waals surface area (Å²) in [5, 5.41) is 3.81. The summed E-state index contributed by atoms with van der Waals surface area (Å²) in [6.07, 6.45) is 7.70. The zero-order valence-corrected chi connectivity index (χ0v) is 17.3. The highest BCUT2D eigenvalue weighted by Crippen LogP contribution is 2.33. The summed E-state index contributed by atoms with van der Waals surface area (Å²) in [6.45, 7) is 2.10. The number of carbonyl (C=O) groups excluding carboxylic acids is 2. The summed E-state index contributed by atoms with van der Waals surface area (Å²) in [7, 11) is 0. The minimum atomic E-state index is -0.324. The molecule has 8 nitrogen and oxygen atoms in total. The molecule has 9 heteroatoms. The number of likely N-dealkylation sites (tertiary alicyclic amines) is 1. The molecule has 0 aromatic carbocycles. The van der Waals surface area contributed by atoms with Crippen molar-refractivity contribution in [1.82, 2.24) is 19.8 Å². The largest absolute Gasteiger partial charge is 0.369 e. The quantitative estimate of drug-likeness (QED) is 0.722. The van der Waals surface area contributed by atoms with Crippen molar-refractivity contribution in [3.63, 3.8) is 0 Å². The Hall–Kier alpha value is -2.26. The van der Waals surface area contributed by atoms with Gasteiger partial charge in [-0.2, -0.15) is 0 Å². The van der Waals surface area contributed by atoms with E-state index in [2.05, 4.69) is 10.3 Å². The summed E-state index contributed by atoms with van der Waals surface area (Å²) in [5.74, 6) is -0.381. The smallest absolute Gasteiger partial charge is 0.262 e. The lowest BCUT2D eigenvalue weighted by Gasteiger charge is -2.31. The lowest BCUT2D eigenvalue weighted by atomic mass is 9.97. The van der Waals surface area contributed by atoms with Gasteiger partial charge in [0.25, 0.3) is 5.56 Å². The number of nitrogens with two attached hydrogens (primary N) is 1. The topological polar surface area (TPSA) is 110 Å². The SMILES string of the molecule is NC(=O)CN1CCC(NC(=O)CCn2cnc3sc4c(c3c2=O)CCCC4)CC1. The number of aryl methyl sites for hydroxylation is 3. The van der Waals surface area contributed by atoms with Gasteiger partial charge in [0.1, 0.15) is 4.83 Å². The van der Waals surface area contributed by atoms with Gasteiger partial charge in [-0.15, -0.1) is 11.3 Å². The van der Waals surface area contributed by atoms with Crippen LogP contribution in [0, 0.1) is 0 Å². The maximum Gasteiger partial charge on any atom is 0.262 e. The van der Waals surface area contributed by atoms with E-state index in [0.717, 1.165) is 55.4 Å². The molecule has 0 atom stereocenters. The molecule has 2 aromatic rings. The molecule has 2 aromatic heterocycles. The lowest BCUT2D eigenvalue weighted by Crippen LogP contribution is -2.46. The highest BCUT2D eigenvalue weighted by atomic mass is 32.1. The van der Waals surface area contributed by atoms with E-state index in [1.807, 2.05) is 4.90 Å². The van der Waals surface area contributed by atoms with E-state index in [9.17, 15) is 14.4 Å². The van der Waals surface area contributed by atoms with Crippen molar-refractivity contribution < 1.29 is 9.59 Å². The van der Waals surface area contributed by atoms with Crippen molar-refractivity contribution in [2.24, 2.45) is 5.73 Å². The molecule has 2 amide bonds. The minimum absolute atomic E-state index is 0.0260. The molecule has 1 aliphatic heterocycles. The second-order valence-corrected chi connectivity index (χ2v) is 9.05. The number of nitrogens with one attached hydrogen (secondary N) is 1. The van der Waals surface area contributed by atoms with Crippen LogP contribution in [0.5, 0.6) is 0 Å². The van der Waals surface area contributed by atoms with Crippen molar-refractivity contribution in [2.75, 3.05) is 19.6 Å². The van der Waals surface area contributed by atoms with Gasteiger partial charge in [-0.25, -0.2) is 4.98 Å². The van der Waals surface area contributed by atoms with Crippen LogP contribution in [0.2, 0.25) is 0 Å². The van der Waals surface area contributed by atoms with Crippen LogP contribution in [0.15, 0.2) is 11.1 Å². The number of nitrogens with zero attached hydrogens (tertiary/aromatic N) is 3. The van der Waals surface area contributed by atoms with Crippen LogP contribution in [0.4, 0.5) is 0 Å². The highest BCUT2D eigenvalue weighted by molar-refractivity contribution is 7.18. The molecule has 4 rings (SSSR count). The number of piperidine rings is 1. The first-order chi connectivity index (χ1) is 14.0. The zero-order valence-electron chi connectivity index (χ0n) is 16.5. The van der Waals surface area contributed by atoms with Crippen LogP contribution in [0.3, 0.4) is 0 Å². The molecule has 1 saturated heterocycles. The number of primary amides is 1. The fourth-order valence-corrected chi connectivity index (χ4v) is 5.54. The number of hydrogen-bond acceptors (Lipinski definition) is 6. The van der Waals surface area contributed by atoms with E-state index in [1.54, 1.807) is 22.2 Å². The van der Waals surface area contributed by atoms with Crippen molar-refractivity contribution >= 4 is 33.4 Å². The molecular formula is C20H27N5O3S. The molecule has 1 fully saturated rings. The normalized spacial score (nSPS) is 17.9. The number of thiophene rings is 1. The number of fused-ring (bicyclic) bond motifs is 3. The summed E-state index contributed by atoms with van der Waals surface area (Å²) in [6, 6.07) is 0.104. The third kappa shape index (κ3) is 4.51. The third-order valence-corrected chi connectivity index (χ3v) is 7.05. The predicted molar refractivity (Wildman–Crippen MR) is 112 cm³/mol. The fourth-order valence-electron chi connectivity index (χ4n) is 4.32. The van der Waals surface area contributed by atoms with E-state index in [1.165, 1.54) is 16.9 Å². The van der Waals surface area contributed by atoms with E-state index in [4.69, 9.17) is 5.73 Å². The summed E-state index contributed by atoms with van der Waals surface area (Å²) in [5.41, 5.74) is 6.38. The Kier molecular flexibility index (Phi) is 5.96. The van der Waals surface area contributed by atoms with Crippen LogP contribution in [-0.4, -0.2) is 51.9 Å². The Labute approximate surface area is 173 Å². The average Bonchev–Trinajstić information content (AvgIpc) is 3.08. The standard InChI is InChI=1S/C20H27N5O3S/c21-16(26)11-24-8-5-13(6-9-24)23-17(27)7-10-25-12-22-19-18(20(25)28)14-3-1-2-4-15(14)29-19/h12-13H,1-11H2,(H2,21,26)(H,23,27). The van der Waals surface area contributed by atoms with Gasteiger partial charge in [-0.1, -0.05) is 0 Å². The van der Waals surface area contributed by atoms with Crippen LogP contribution < -0.4 is 16.6 Å². The molecule has 0 radical (unpaired) electrons. The first-order valence-electron chi connectivity index (χ1n) is 10.3. The highest BCUT2D eigenvalue weighted by Gasteiger charge is 2.22. The maximum absolute atomic E-state index is 12.9. The van der Waals surface area contributed by atoms with Gasteiger partial charge >= 0.3 is 0 Å². The van der Waals surface area contributed by atoms with E-state index >= 15 is 0 Å². The Morgan fingerprint density at radius 2 is 2.00 bits per heavy atom. The molecular weight excluding hydrogens is 390 g/mol. The van der Waals surface area contributed by atoms with Gasteiger partial charge in [-0.05, 0) is 44.1 Å². The molecule has 1 aliphatic carbocycles. The van der Waals surface area contributed by atoms with Gasteiger partial charge in [0.05, 0.1) is 18.3 Å².